The van der Waals surface area contributed by atoms with Gasteiger partial charge in [0, 0.05) is 46.3 Å². The standard InChI is InChI=1S/C31H26ClNO2/c32-24-13-11-21(12-14-24)29-30-25(15-22(17-27(30)34)19-7-3-1-4-8-19)33-26-16-23(18-28(35)31(26)29)20-9-5-2-6-10-20/h1-14,22-23,29,33H,15-18H2/t22-,23-/m0/s1. The zero-order chi connectivity index (χ0) is 23.9. The maximum Gasteiger partial charge on any atom is 0.162 e. The molecule has 3 nitrogen and oxygen atoms in total. The molecule has 2 aliphatic carbocycles. The van der Waals surface area contributed by atoms with E-state index in [1.54, 1.807) is 0 Å². The number of carbonyl (C=O) groups excluding carboxylic acids is 2. The van der Waals surface area contributed by atoms with Gasteiger partial charge in [-0.3, -0.25) is 9.59 Å². The molecule has 1 heterocycles. The molecule has 3 aromatic rings. The van der Waals surface area contributed by atoms with Crippen molar-refractivity contribution in [3.8, 4) is 0 Å². The Kier molecular flexibility index (Phi) is 5.66. The number of carbonyl (C=O) groups is 2. The molecule has 0 unspecified atom stereocenters. The van der Waals surface area contributed by atoms with Crippen LogP contribution in [0.1, 0.15) is 60.1 Å². The largest absolute Gasteiger partial charge is 0.362 e. The molecule has 0 bridgehead atoms. The summed E-state index contributed by atoms with van der Waals surface area (Å²) < 4.78 is 0. The third kappa shape index (κ3) is 4.04. The fourth-order valence-corrected chi connectivity index (χ4v) is 6.13. The topological polar surface area (TPSA) is 46.2 Å². The van der Waals surface area contributed by atoms with Crippen molar-refractivity contribution in [3.63, 3.8) is 0 Å². The summed E-state index contributed by atoms with van der Waals surface area (Å²) in [6.45, 7) is 0. The first-order chi connectivity index (χ1) is 17.1. The lowest BCUT2D eigenvalue weighted by atomic mass is 9.67. The molecule has 3 aliphatic rings. The van der Waals surface area contributed by atoms with Crippen LogP contribution in [0, 0.1) is 0 Å². The molecule has 35 heavy (non-hydrogen) atoms. The summed E-state index contributed by atoms with van der Waals surface area (Å²) in [5, 5.41) is 4.26. The summed E-state index contributed by atoms with van der Waals surface area (Å²) in [4.78, 5) is 27.3. The van der Waals surface area contributed by atoms with Gasteiger partial charge in [0.15, 0.2) is 11.6 Å². The Morgan fingerprint density at radius 1 is 0.571 bits per heavy atom. The Hall–Kier alpha value is -3.43. The Morgan fingerprint density at radius 2 is 1.03 bits per heavy atom. The van der Waals surface area contributed by atoms with E-state index in [2.05, 4.69) is 29.6 Å². The van der Waals surface area contributed by atoms with Gasteiger partial charge in [-0.05, 0) is 53.5 Å². The lowest BCUT2D eigenvalue weighted by Gasteiger charge is -2.40. The maximum absolute atomic E-state index is 13.7. The van der Waals surface area contributed by atoms with E-state index in [-0.39, 0.29) is 29.3 Å². The van der Waals surface area contributed by atoms with Gasteiger partial charge in [-0.2, -0.15) is 0 Å². The molecule has 6 rings (SSSR count). The van der Waals surface area contributed by atoms with Crippen molar-refractivity contribution in [2.45, 2.75) is 43.4 Å². The smallest absolute Gasteiger partial charge is 0.162 e. The predicted molar refractivity (Wildman–Crippen MR) is 138 cm³/mol. The first-order valence-electron chi connectivity index (χ1n) is 12.2. The average Bonchev–Trinajstić information content (AvgIpc) is 2.89. The number of rotatable bonds is 3. The highest BCUT2D eigenvalue weighted by atomic mass is 35.5. The second-order valence-corrected chi connectivity index (χ2v) is 10.2. The number of allylic oxidation sites excluding steroid dienone is 4. The molecule has 0 saturated carbocycles. The van der Waals surface area contributed by atoms with Crippen molar-refractivity contribution >= 4 is 23.2 Å². The number of benzene rings is 3. The van der Waals surface area contributed by atoms with Crippen LogP contribution in [0.4, 0.5) is 0 Å². The molecule has 3 aromatic carbocycles. The zero-order valence-electron chi connectivity index (χ0n) is 19.3. The van der Waals surface area contributed by atoms with Crippen LogP contribution in [0.2, 0.25) is 5.02 Å². The molecule has 1 aliphatic heterocycles. The monoisotopic (exact) mass is 479 g/mol. The highest BCUT2D eigenvalue weighted by Gasteiger charge is 2.43. The number of ketones is 2. The molecule has 1 N–H and O–H groups in total. The van der Waals surface area contributed by atoms with Gasteiger partial charge >= 0.3 is 0 Å². The second-order valence-electron chi connectivity index (χ2n) is 9.77. The minimum absolute atomic E-state index is 0.122. The quantitative estimate of drug-likeness (QED) is 0.448. The van der Waals surface area contributed by atoms with Gasteiger partial charge in [0.25, 0.3) is 0 Å². The summed E-state index contributed by atoms with van der Waals surface area (Å²) in [6, 6.07) is 28.1. The Bertz CT molecular complexity index is 1270. The molecule has 0 spiro atoms. The van der Waals surface area contributed by atoms with E-state index in [4.69, 9.17) is 11.6 Å². The Morgan fingerprint density at radius 3 is 1.49 bits per heavy atom. The predicted octanol–water partition coefficient (Wildman–Crippen LogP) is 6.83. The van der Waals surface area contributed by atoms with E-state index in [1.807, 2.05) is 60.7 Å². The molecule has 174 valence electrons. The molecular weight excluding hydrogens is 454 g/mol. The van der Waals surface area contributed by atoms with Gasteiger partial charge in [-0.15, -0.1) is 0 Å². The highest BCUT2D eigenvalue weighted by Crippen LogP contribution is 2.49. The van der Waals surface area contributed by atoms with Crippen molar-refractivity contribution in [1.82, 2.24) is 5.32 Å². The number of hydrogen-bond acceptors (Lipinski definition) is 3. The van der Waals surface area contributed by atoms with Crippen LogP contribution in [-0.2, 0) is 9.59 Å². The molecule has 0 aromatic heterocycles. The van der Waals surface area contributed by atoms with Crippen LogP contribution in [0.5, 0.6) is 0 Å². The van der Waals surface area contributed by atoms with Crippen molar-refractivity contribution in [1.29, 1.82) is 0 Å². The third-order valence-corrected chi connectivity index (χ3v) is 7.89. The molecule has 2 atom stereocenters. The second kappa shape index (κ2) is 8.98. The number of Topliss-reactive ketones (excluding diaryl/α,β-unsaturated/α-hetero) is 2. The number of halogens is 1. The van der Waals surface area contributed by atoms with Crippen LogP contribution in [-0.4, -0.2) is 11.6 Å². The van der Waals surface area contributed by atoms with Gasteiger partial charge in [-0.1, -0.05) is 84.4 Å². The molecule has 0 fully saturated rings. The van der Waals surface area contributed by atoms with E-state index < -0.39 is 0 Å². The minimum Gasteiger partial charge on any atom is -0.362 e. The summed E-state index contributed by atoms with van der Waals surface area (Å²) >= 11 is 6.19. The summed E-state index contributed by atoms with van der Waals surface area (Å²) in [5.41, 5.74) is 6.76. The van der Waals surface area contributed by atoms with Gasteiger partial charge in [0.05, 0.1) is 0 Å². The average molecular weight is 480 g/mol. The zero-order valence-corrected chi connectivity index (χ0v) is 20.1. The van der Waals surface area contributed by atoms with Crippen molar-refractivity contribution < 1.29 is 9.59 Å². The fourth-order valence-electron chi connectivity index (χ4n) is 6.01. The number of hydrogen-bond donors (Lipinski definition) is 1. The van der Waals surface area contributed by atoms with Crippen molar-refractivity contribution in [2.75, 3.05) is 0 Å². The summed E-state index contributed by atoms with van der Waals surface area (Å²) in [7, 11) is 0. The third-order valence-electron chi connectivity index (χ3n) is 7.64. The van der Waals surface area contributed by atoms with Crippen LogP contribution < -0.4 is 5.32 Å². The van der Waals surface area contributed by atoms with E-state index in [0.29, 0.717) is 17.9 Å². The van der Waals surface area contributed by atoms with E-state index in [9.17, 15) is 9.59 Å². The van der Waals surface area contributed by atoms with Crippen molar-refractivity contribution in [2.24, 2.45) is 0 Å². The minimum atomic E-state index is -0.341. The summed E-state index contributed by atoms with van der Waals surface area (Å²) in [6.07, 6.45) is 2.43. The first kappa shape index (κ1) is 22.1. The molecular formula is C31H26ClNO2. The first-order valence-corrected chi connectivity index (χ1v) is 12.6. The SMILES string of the molecule is O=C1C[C@@H](c2ccccc2)CC2=C1C(c1ccc(Cl)cc1)C1=C(C[C@H](c3ccccc3)CC1=O)N2. The van der Waals surface area contributed by atoms with Gasteiger partial charge in [-0.25, -0.2) is 0 Å². The van der Waals surface area contributed by atoms with Crippen LogP contribution in [0.25, 0.3) is 0 Å². The number of dihydropyridines is 1. The normalized spacial score (nSPS) is 22.5. The lowest BCUT2D eigenvalue weighted by Crippen LogP contribution is -2.38. The fraction of sp³-hybridized carbons (Fsp3) is 0.226. The molecule has 0 radical (unpaired) electrons. The summed E-state index contributed by atoms with van der Waals surface area (Å²) in [5.74, 6) is 0.167. The molecule has 4 heteroatoms. The van der Waals surface area contributed by atoms with Crippen LogP contribution >= 0.6 is 11.6 Å². The Balaban J connectivity index is 1.44. The van der Waals surface area contributed by atoms with Crippen molar-refractivity contribution in [3.05, 3.63) is 129 Å². The van der Waals surface area contributed by atoms with Gasteiger partial charge in [0.2, 0.25) is 0 Å². The molecule has 0 amide bonds. The number of nitrogens with one attached hydrogen (secondary N) is 1. The Labute approximate surface area is 210 Å². The maximum atomic E-state index is 13.7. The highest BCUT2D eigenvalue weighted by molar-refractivity contribution is 6.30. The molecule has 0 saturated heterocycles. The van der Waals surface area contributed by atoms with E-state index >= 15 is 0 Å². The van der Waals surface area contributed by atoms with E-state index in [1.165, 1.54) is 11.1 Å². The van der Waals surface area contributed by atoms with Crippen LogP contribution in [0.3, 0.4) is 0 Å². The van der Waals surface area contributed by atoms with Gasteiger partial charge in [0.1, 0.15) is 0 Å². The lowest BCUT2D eigenvalue weighted by molar-refractivity contribution is -0.117. The van der Waals surface area contributed by atoms with Crippen LogP contribution in [0.15, 0.2) is 107 Å². The van der Waals surface area contributed by atoms with E-state index in [0.717, 1.165) is 40.9 Å². The van der Waals surface area contributed by atoms with Gasteiger partial charge < -0.3 is 5.32 Å².